The highest BCUT2D eigenvalue weighted by Gasteiger charge is 2.33. The fraction of sp³-hybridized carbons (Fsp3) is 0.174. The minimum Gasteiger partial charge on any atom is -0.494 e. The lowest BCUT2D eigenvalue weighted by Crippen LogP contribution is -2.14. The van der Waals surface area contributed by atoms with Crippen LogP contribution in [0.3, 0.4) is 0 Å². The van der Waals surface area contributed by atoms with Gasteiger partial charge in [-0.3, -0.25) is 9.78 Å². The van der Waals surface area contributed by atoms with E-state index in [1.165, 1.54) is 25.7 Å². The van der Waals surface area contributed by atoms with Crippen molar-refractivity contribution in [3.05, 3.63) is 71.3 Å². The number of aromatic nitrogens is 4. The minimum absolute atomic E-state index is 0.0676. The number of anilines is 1. The number of hydrogen-bond donors (Lipinski definition) is 1. The first-order valence-electron chi connectivity index (χ1n) is 9.79. The maximum Gasteiger partial charge on any atom is 0.433 e. The Balaban J connectivity index is 1.64. The zero-order chi connectivity index (χ0) is 23.8. The van der Waals surface area contributed by atoms with Gasteiger partial charge in [0, 0.05) is 17.4 Å². The van der Waals surface area contributed by atoms with E-state index in [-0.39, 0.29) is 11.4 Å². The van der Waals surface area contributed by atoms with Gasteiger partial charge in [0.2, 0.25) is 0 Å². The Kier molecular flexibility index (Phi) is 5.67. The van der Waals surface area contributed by atoms with Crippen molar-refractivity contribution in [2.24, 2.45) is 0 Å². The number of pyridine rings is 2. The molecular formula is C23H18F3N5O2. The van der Waals surface area contributed by atoms with Gasteiger partial charge in [-0.05, 0) is 55.3 Å². The van der Waals surface area contributed by atoms with Gasteiger partial charge in [0.05, 0.1) is 30.6 Å². The van der Waals surface area contributed by atoms with Crippen molar-refractivity contribution in [2.45, 2.75) is 20.0 Å². The number of ether oxygens (including phenoxy) is 1. The van der Waals surface area contributed by atoms with Crippen LogP contribution in [0.1, 0.15) is 27.2 Å². The number of nitrogens with one attached hydrogen (secondary N) is 1. The summed E-state index contributed by atoms with van der Waals surface area (Å²) >= 11 is 0. The fourth-order valence-electron chi connectivity index (χ4n) is 3.33. The number of aryl methyl sites for hydroxylation is 2. The molecule has 1 N–H and O–H groups in total. The van der Waals surface area contributed by atoms with Crippen molar-refractivity contribution in [3.8, 4) is 17.1 Å². The summed E-state index contributed by atoms with van der Waals surface area (Å²) in [6, 6.07) is 7.74. The first-order chi connectivity index (χ1) is 15.7. The van der Waals surface area contributed by atoms with Crippen LogP contribution in [0.15, 0.2) is 48.9 Å². The fourth-order valence-corrected chi connectivity index (χ4v) is 3.33. The number of carbonyl (C=O) groups is 1. The molecule has 0 bridgehead atoms. The second-order valence-corrected chi connectivity index (χ2v) is 7.31. The van der Waals surface area contributed by atoms with Crippen LogP contribution in [-0.4, -0.2) is 33.0 Å². The maximum atomic E-state index is 13.0. The SMILES string of the molecule is COc1cnccc1C(=O)Nc1ccc(-c2ncc3nc(C(F)(F)F)cc(C)c3n2)cc1C. The van der Waals surface area contributed by atoms with Gasteiger partial charge in [0.15, 0.2) is 5.82 Å². The number of carbonyl (C=O) groups excluding carboxylic acids is 1. The second-order valence-electron chi connectivity index (χ2n) is 7.31. The summed E-state index contributed by atoms with van der Waals surface area (Å²) in [5.41, 5.74) is 2.10. The standard InChI is InChI=1S/C23H18F3N5O2/c1-12-8-14(4-5-16(12)30-22(32)15-6-7-27-11-18(15)33-3)21-28-10-17-20(31-21)13(2)9-19(29-17)23(24,25)26/h4-11H,1-3H3,(H,30,32). The highest BCUT2D eigenvalue weighted by molar-refractivity contribution is 6.06. The van der Waals surface area contributed by atoms with Gasteiger partial charge >= 0.3 is 6.18 Å². The summed E-state index contributed by atoms with van der Waals surface area (Å²) in [5.74, 6) is 0.338. The molecule has 0 spiro atoms. The van der Waals surface area contributed by atoms with Crippen molar-refractivity contribution in [2.75, 3.05) is 12.4 Å². The predicted octanol–water partition coefficient (Wildman–Crippen LogP) is 4.98. The van der Waals surface area contributed by atoms with Crippen LogP contribution in [0, 0.1) is 13.8 Å². The molecule has 0 fully saturated rings. The van der Waals surface area contributed by atoms with Gasteiger partial charge in [-0.15, -0.1) is 0 Å². The van der Waals surface area contributed by atoms with Gasteiger partial charge in [-0.2, -0.15) is 13.2 Å². The number of fused-ring (bicyclic) bond motifs is 1. The highest BCUT2D eigenvalue weighted by atomic mass is 19.4. The third-order valence-corrected chi connectivity index (χ3v) is 5.01. The number of hydrogen-bond acceptors (Lipinski definition) is 6. The van der Waals surface area contributed by atoms with Gasteiger partial charge < -0.3 is 10.1 Å². The lowest BCUT2D eigenvalue weighted by molar-refractivity contribution is -0.141. The second kappa shape index (κ2) is 8.45. The molecule has 1 amide bonds. The summed E-state index contributed by atoms with van der Waals surface area (Å²) in [6.07, 6.45) is -0.314. The monoisotopic (exact) mass is 453 g/mol. The topological polar surface area (TPSA) is 89.9 Å². The van der Waals surface area contributed by atoms with E-state index >= 15 is 0 Å². The van der Waals surface area contributed by atoms with E-state index < -0.39 is 11.9 Å². The van der Waals surface area contributed by atoms with Gasteiger partial charge in [0.25, 0.3) is 5.91 Å². The van der Waals surface area contributed by atoms with Gasteiger partial charge in [-0.25, -0.2) is 15.0 Å². The van der Waals surface area contributed by atoms with Crippen LogP contribution >= 0.6 is 0 Å². The average molecular weight is 453 g/mol. The minimum atomic E-state index is -4.55. The van der Waals surface area contributed by atoms with Crippen LogP contribution < -0.4 is 10.1 Å². The van der Waals surface area contributed by atoms with Gasteiger partial charge in [-0.1, -0.05) is 0 Å². The molecule has 0 saturated heterocycles. The Bertz CT molecular complexity index is 1370. The molecule has 33 heavy (non-hydrogen) atoms. The third-order valence-electron chi connectivity index (χ3n) is 5.01. The Morgan fingerprint density at radius 3 is 2.52 bits per heavy atom. The average Bonchev–Trinajstić information content (AvgIpc) is 2.79. The number of nitrogens with zero attached hydrogens (tertiary/aromatic N) is 4. The van der Waals surface area contributed by atoms with Crippen molar-refractivity contribution < 1.29 is 22.7 Å². The Hall–Kier alpha value is -4.08. The van der Waals surface area contributed by atoms with Crippen LogP contribution in [0.4, 0.5) is 18.9 Å². The molecule has 0 atom stereocenters. The number of halogens is 3. The third kappa shape index (κ3) is 4.45. The van der Waals surface area contributed by atoms with E-state index in [1.807, 2.05) is 6.92 Å². The zero-order valence-corrected chi connectivity index (χ0v) is 17.9. The quantitative estimate of drug-likeness (QED) is 0.469. The van der Waals surface area contributed by atoms with E-state index in [0.717, 1.165) is 11.6 Å². The molecule has 3 aromatic heterocycles. The first kappa shape index (κ1) is 22.1. The molecule has 0 unspecified atom stereocenters. The molecule has 7 nitrogen and oxygen atoms in total. The predicted molar refractivity (Wildman–Crippen MR) is 116 cm³/mol. The van der Waals surface area contributed by atoms with E-state index in [9.17, 15) is 18.0 Å². The van der Waals surface area contributed by atoms with Crippen molar-refractivity contribution in [3.63, 3.8) is 0 Å². The maximum absolute atomic E-state index is 13.0. The molecule has 3 heterocycles. The Labute approximate surface area is 186 Å². The molecule has 168 valence electrons. The van der Waals surface area contributed by atoms with E-state index in [1.54, 1.807) is 31.2 Å². The van der Waals surface area contributed by atoms with E-state index in [0.29, 0.717) is 39.5 Å². The summed E-state index contributed by atoms with van der Waals surface area (Å²) in [6.45, 7) is 3.36. The summed E-state index contributed by atoms with van der Waals surface area (Å²) in [4.78, 5) is 28.8. The van der Waals surface area contributed by atoms with E-state index in [4.69, 9.17) is 4.74 Å². The molecule has 4 aromatic rings. The van der Waals surface area contributed by atoms with Crippen molar-refractivity contribution >= 4 is 22.6 Å². The molecule has 0 saturated carbocycles. The molecule has 4 rings (SSSR count). The van der Waals surface area contributed by atoms with Crippen LogP contribution in [-0.2, 0) is 6.18 Å². The number of methoxy groups -OCH3 is 1. The lowest BCUT2D eigenvalue weighted by Gasteiger charge is -2.12. The highest BCUT2D eigenvalue weighted by Crippen LogP contribution is 2.31. The van der Waals surface area contributed by atoms with Crippen LogP contribution in [0.5, 0.6) is 5.75 Å². The molecule has 0 aliphatic carbocycles. The Morgan fingerprint density at radius 1 is 1.03 bits per heavy atom. The largest absolute Gasteiger partial charge is 0.494 e. The molecule has 1 aromatic carbocycles. The number of rotatable bonds is 4. The Morgan fingerprint density at radius 2 is 1.82 bits per heavy atom. The summed E-state index contributed by atoms with van der Waals surface area (Å²) in [7, 11) is 1.46. The normalized spacial score (nSPS) is 11.5. The van der Waals surface area contributed by atoms with Crippen molar-refractivity contribution in [1.82, 2.24) is 19.9 Å². The molecule has 10 heteroatoms. The number of alkyl halides is 3. The van der Waals surface area contributed by atoms with Crippen LogP contribution in [0.25, 0.3) is 22.4 Å². The van der Waals surface area contributed by atoms with E-state index in [2.05, 4.69) is 25.3 Å². The lowest BCUT2D eigenvalue weighted by atomic mass is 10.1. The summed E-state index contributed by atoms with van der Waals surface area (Å²) < 4.78 is 44.2. The number of amides is 1. The molecule has 0 radical (unpaired) electrons. The van der Waals surface area contributed by atoms with Crippen molar-refractivity contribution in [1.29, 1.82) is 0 Å². The number of benzene rings is 1. The smallest absolute Gasteiger partial charge is 0.433 e. The molecular weight excluding hydrogens is 435 g/mol. The molecule has 0 aliphatic heterocycles. The summed E-state index contributed by atoms with van der Waals surface area (Å²) in [5, 5.41) is 2.83. The first-order valence-corrected chi connectivity index (χ1v) is 9.79. The zero-order valence-electron chi connectivity index (χ0n) is 17.9. The molecule has 0 aliphatic rings. The van der Waals surface area contributed by atoms with Gasteiger partial charge in [0.1, 0.15) is 17.0 Å². The van der Waals surface area contributed by atoms with Crippen LogP contribution in [0.2, 0.25) is 0 Å².